The summed E-state index contributed by atoms with van der Waals surface area (Å²) < 4.78 is 5.10. The number of ether oxygens (including phenoxy) is 1. The number of hydrogen-bond acceptors (Lipinski definition) is 6. The molecule has 1 atom stereocenters. The Labute approximate surface area is 119 Å². The molecule has 0 aliphatic heterocycles. The van der Waals surface area contributed by atoms with E-state index in [1.807, 2.05) is 0 Å². The van der Waals surface area contributed by atoms with Crippen LogP contribution in [-0.4, -0.2) is 49.3 Å². The maximum absolute atomic E-state index is 12.0. The summed E-state index contributed by atoms with van der Waals surface area (Å²) >= 11 is 0. The first-order valence-corrected chi connectivity index (χ1v) is 6.63. The average Bonchev–Trinajstić information content (AvgIpc) is 2.32. The van der Waals surface area contributed by atoms with Crippen LogP contribution in [0.1, 0.15) is 27.2 Å². The van der Waals surface area contributed by atoms with E-state index in [1.165, 1.54) is 0 Å². The predicted molar refractivity (Wildman–Crippen MR) is 76.9 cm³/mol. The van der Waals surface area contributed by atoms with E-state index in [4.69, 9.17) is 21.9 Å². The summed E-state index contributed by atoms with van der Waals surface area (Å²) in [5.41, 5.74) is 15.7. The van der Waals surface area contributed by atoms with Crippen LogP contribution in [0.5, 0.6) is 0 Å². The first kappa shape index (κ1) is 18.6. The fourth-order valence-electron chi connectivity index (χ4n) is 1.40. The third kappa shape index (κ3) is 7.93. The van der Waals surface area contributed by atoms with Gasteiger partial charge in [0, 0.05) is 13.1 Å². The molecule has 0 heterocycles. The van der Waals surface area contributed by atoms with Crippen LogP contribution in [0.15, 0.2) is 0 Å². The lowest BCUT2D eigenvalue weighted by molar-refractivity contribution is -0.123. The van der Waals surface area contributed by atoms with E-state index in [0.29, 0.717) is 6.42 Å². The Hall–Kier alpha value is -1.38. The molecule has 2 amide bonds. The molecule has 0 aliphatic carbocycles. The zero-order valence-corrected chi connectivity index (χ0v) is 12.4. The van der Waals surface area contributed by atoms with Crippen LogP contribution in [0.25, 0.3) is 0 Å². The van der Waals surface area contributed by atoms with E-state index in [0.717, 1.165) is 0 Å². The second-order valence-corrected chi connectivity index (χ2v) is 5.45. The Kier molecular flexibility index (Phi) is 8.12. The van der Waals surface area contributed by atoms with Gasteiger partial charge in [0.25, 0.3) is 0 Å². The van der Waals surface area contributed by atoms with Crippen molar-refractivity contribution < 1.29 is 14.3 Å². The maximum Gasteiger partial charge on any atom is 0.408 e. The van der Waals surface area contributed by atoms with Gasteiger partial charge < -0.3 is 32.6 Å². The summed E-state index contributed by atoms with van der Waals surface area (Å²) in [6, 6.07) is -1.10. The van der Waals surface area contributed by atoms with Gasteiger partial charge in [-0.25, -0.2) is 4.79 Å². The number of amides is 2. The quantitative estimate of drug-likeness (QED) is 0.391. The van der Waals surface area contributed by atoms with Crippen molar-refractivity contribution in [1.82, 2.24) is 10.6 Å². The van der Waals surface area contributed by atoms with Crippen molar-refractivity contribution in [1.29, 1.82) is 0 Å². The zero-order valence-electron chi connectivity index (χ0n) is 12.4. The van der Waals surface area contributed by atoms with Crippen LogP contribution in [0.4, 0.5) is 4.79 Å². The highest BCUT2D eigenvalue weighted by molar-refractivity contribution is 5.85. The Balaban J connectivity index is 4.55. The minimum absolute atomic E-state index is 0.226. The van der Waals surface area contributed by atoms with E-state index >= 15 is 0 Å². The van der Waals surface area contributed by atoms with Gasteiger partial charge in [-0.2, -0.15) is 0 Å². The lowest BCUT2D eigenvalue weighted by Gasteiger charge is -2.24. The number of nitrogens with two attached hydrogens (primary N) is 3. The fourth-order valence-corrected chi connectivity index (χ4v) is 1.40. The first-order valence-electron chi connectivity index (χ1n) is 6.63. The number of hydrogen-bond donors (Lipinski definition) is 5. The van der Waals surface area contributed by atoms with Crippen molar-refractivity contribution >= 4 is 12.0 Å². The van der Waals surface area contributed by atoms with Gasteiger partial charge in [0.05, 0.1) is 6.04 Å². The lowest BCUT2D eigenvalue weighted by atomic mass is 10.1. The van der Waals surface area contributed by atoms with Crippen LogP contribution in [0.2, 0.25) is 0 Å². The molecule has 0 spiro atoms. The van der Waals surface area contributed by atoms with Crippen molar-refractivity contribution in [3.63, 3.8) is 0 Å². The van der Waals surface area contributed by atoms with Crippen molar-refractivity contribution in [3.8, 4) is 0 Å². The molecule has 0 saturated heterocycles. The maximum atomic E-state index is 12.0. The number of alkyl carbamates (subject to hydrolysis) is 1. The number of carbonyl (C=O) groups is 2. The van der Waals surface area contributed by atoms with Crippen LogP contribution in [0, 0.1) is 0 Å². The highest BCUT2D eigenvalue weighted by Gasteiger charge is 2.24. The van der Waals surface area contributed by atoms with Gasteiger partial charge in [0.15, 0.2) is 0 Å². The number of carbonyl (C=O) groups excluding carboxylic acids is 2. The highest BCUT2D eigenvalue weighted by atomic mass is 16.6. The highest BCUT2D eigenvalue weighted by Crippen LogP contribution is 2.07. The van der Waals surface area contributed by atoms with Gasteiger partial charge in [-0.3, -0.25) is 4.79 Å². The molecule has 8 N–H and O–H groups in total. The number of rotatable bonds is 7. The summed E-state index contributed by atoms with van der Waals surface area (Å²) in [5, 5.41) is 5.15. The molecule has 0 unspecified atom stereocenters. The molecular weight excluding hydrogens is 262 g/mol. The molecule has 0 aromatic carbocycles. The summed E-state index contributed by atoms with van der Waals surface area (Å²) in [6.07, 6.45) is -0.365. The molecule has 0 fully saturated rings. The summed E-state index contributed by atoms with van der Waals surface area (Å²) in [4.78, 5) is 23.7. The van der Waals surface area contributed by atoms with E-state index in [1.54, 1.807) is 20.8 Å². The Morgan fingerprint density at radius 3 is 2.05 bits per heavy atom. The largest absolute Gasteiger partial charge is 0.444 e. The second-order valence-electron chi connectivity index (χ2n) is 5.45. The van der Waals surface area contributed by atoms with Gasteiger partial charge in [-0.15, -0.1) is 0 Å². The first-order chi connectivity index (χ1) is 9.23. The van der Waals surface area contributed by atoms with Crippen LogP contribution in [-0.2, 0) is 9.53 Å². The molecule has 0 aliphatic rings. The topological polar surface area (TPSA) is 145 Å². The fraction of sp³-hybridized carbons (Fsp3) is 0.833. The van der Waals surface area contributed by atoms with Gasteiger partial charge in [-0.05, 0) is 33.7 Å². The molecule has 0 aromatic heterocycles. The van der Waals surface area contributed by atoms with Gasteiger partial charge in [0.2, 0.25) is 5.91 Å². The normalized spacial score (nSPS) is 12.9. The van der Waals surface area contributed by atoms with E-state index in [-0.39, 0.29) is 31.6 Å². The van der Waals surface area contributed by atoms with Crippen LogP contribution < -0.4 is 27.8 Å². The molecule has 8 heteroatoms. The van der Waals surface area contributed by atoms with Crippen molar-refractivity contribution in [2.75, 3.05) is 19.6 Å². The van der Waals surface area contributed by atoms with E-state index < -0.39 is 17.7 Å². The standard InChI is InChI=1S/C12H27N5O3/c1-12(2,3)20-11(19)17-9(4-5-13)10(18)16-8(6-14)7-15/h8-9H,4-7,13-15H2,1-3H3,(H,16,18)(H,17,19)/t9-/m0/s1. The second kappa shape index (κ2) is 8.72. The summed E-state index contributed by atoms with van der Waals surface area (Å²) in [6.45, 7) is 5.92. The smallest absolute Gasteiger partial charge is 0.408 e. The molecular formula is C12H27N5O3. The third-order valence-electron chi connectivity index (χ3n) is 2.38. The molecule has 0 saturated carbocycles. The van der Waals surface area contributed by atoms with E-state index in [9.17, 15) is 9.59 Å². The molecule has 0 aromatic rings. The van der Waals surface area contributed by atoms with E-state index in [2.05, 4.69) is 10.6 Å². The van der Waals surface area contributed by atoms with Crippen molar-refractivity contribution in [2.45, 2.75) is 44.9 Å². The predicted octanol–water partition coefficient (Wildman–Crippen LogP) is -1.37. The molecule has 0 rings (SSSR count). The Bertz CT molecular complexity index is 313. The van der Waals surface area contributed by atoms with Crippen molar-refractivity contribution in [2.24, 2.45) is 17.2 Å². The minimum atomic E-state index is -0.768. The zero-order chi connectivity index (χ0) is 15.8. The molecule has 0 bridgehead atoms. The molecule has 20 heavy (non-hydrogen) atoms. The molecule has 8 nitrogen and oxygen atoms in total. The molecule has 0 radical (unpaired) electrons. The summed E-state index contributed by atoms with van der Waals surface area (Å²) in [7, 11) is 0. The monoisotopic (exact) mass is 289 g/mol. The number of nitrogens with one attached hydrogen (secondary N) is 2. The lowest BCUT2D eigenvalue weighted by Crippen LogP contribution is -2.54. The summed E-state index contributed by atoms with van der Waals surface area (Å²) in [5.74, 6) is -0.373. The van der Waals surface area contributed by atoms with Gasteiger partial charge in [0.1, 0.15) is 11.6 Å². The average molecular weight is 289 g/mol. The van der Waals surface area contributed by atoms with Gasteiger partial charge >= 0.3 is 6.09 Å². The van der Waals surface area contributed by atoms with Crippen molar-refractivity contribution in [3.05, 3.63) is 0 Å². The third-order valence-corrected chi connectivity index (χ3v) is 2.38. The Morgan fingerprint density at radius 1 is 1.10 bits per heavy atom. The van der Waals surface area contributed by atoms with Crippen LogP contribution in [0.3, 0.4) is 0 Å². The van der Waals surface area contributed by atoms with Gasteiger partial charge in [-0.1, -0.05) is 0 Å². The van der Waals surface area contributed by atoms with Crippen LogP contribution >= 0.6 is 0 Å². The SMILES string of the molecule is CC(C)(C)OC(=O)N[C@@H](CCN)C(=O)NC(CN)CN. The Morgan fingerprint density at radius 2 is 1.65 bits per heavy atom. The minimum Gasteiger partial charge on any atom is -0.444 e. The molecule has 118 valence electrons.